The number of rotatable bonds is 5. The van der Waals surface area contributed by atoms with E-state index in [1.54, 1.807) is 6.07 Å². The monoisotopic (exact) mass is 339 g/mol. The van der Waals surface area contributed by atoms with Gasteiger partial charge in [0.05, 0.1) is 4.92 Å². The number of carbonyl (C=O) groups is 1. The Bertz CT molecular complexity index is 791. The van der Waals surface area contributed by atoms with Crippen LogP contribution in [0.15, 0.2) is 48.5 Å². The summed E-state index contributed by atoms with van der Waals surface area (Å²) >= 11 is 0. The maximum Gasteiger partial charge on any atom is 0.270 e. The third-order valence-electron chi connectivity index (χ3n) is 4.66. The van der Waals surface area contributed by atoms with Crippen molar-refractivity contribution >= 4 is 11.6 Å². The first-order valence-corrected chi connectivity index (χ1v) is 8.38. The van der Waals surface area contributed by atoms with Crippen molar-refractivity contribution in [3.05, 3.63) is 75.3 Å². The van der Waals surface area contributed by atoms with Gasteiger partial charge < -0.3 is 5.32 Å². The van der Waals surface area contributed by atoms with Gasteiger partial charge in [-0.3, -0.25) is 19.8 Å². The van der Waals surface area contributed by atoms with E-state index in [0.29, 0.717) is 12.1 Å². The van der Waals surface area contributed by atoms with Gasteiger partial charge in [0.15, 0.2) is 0 Å². The van der Waals surface area contributed by atoms with Crippen LogP contribution in [0.5, 0.6) is 0 Å². The van der Waals surface area contributed by atoms with Gasteiger partial charge in [-0.25, -0.2) is 0 Å². The van der Waals surface area contributed by atoms with Crippen LogP contribution in [0.2, 0.25) is 0 Å². The van der Waals surface area contributed by atoms with Crippen LogP contribution in [0.1, 0.15) is 28.4 Å². The van der Waals surface area contributed by atoms with Crippen molar-refractivity contribution in [2.24, 2.45) is 0 Å². The molecule has 25 heavy (non-hydrogen) atoms. The number of benzene rings is 2. The minimum absolute atomic E-state index is 0.0756. The van der Waals surface area contributed by atoms with Crippen LogP contribution < -0.4 is 5.32 Å². The molecule has 1 amide bonds. The van der Waals surface area contributed by atoms with Gasteiger partial charge in [-0.2, -0.15) is 0 Å². The Morgan fingerprint density at radius 1 is 1.24 bits per heavy atom. The van der Waals surface area contributed by atoms with E-state index >= 15 is 0 Å². The minimum Gasteiger partial charge on any atom is -0.350 e. The Balaban J connectivity index is 1.57. The van der Waals surface area contributed by atoms with Crippen molar-refractivity contribution in [1.29, 1.82) is 0 Å². The van der Waals surface area contributed by atoms with Crippen molar-refractivity contribution in [3.63, 3.8) is 0 Å². The first kappa shape index (κ1) is 17.1. The number of nitrogens with zero attached hydrogens (tertiary/aromatic N) is 2. The van der Waals surface area contributed by atoms with Gasteiger partial charge in [0, 0.05) is 43.4 Å². The number of hydrogen-bond acceptors (Lipinski definition) is 4. The van der Waals surface area contributed by atoms with Gasteiger partial charge in [0.25, 0.3) is 11.6 Å². The largest absolute Gasteiger partial charge is 0.350 e. The zero-order valence-corrected chi connectivity index (χ0v) is 14.1. The fraction of sp³-hybridized carbons (Fsp3) is 0.316. The molecule has 0 aliphatic carbocycles. The summed E-state index contributed by atoms with van der Waals surface area (Å²) in [6.07, 6.45) is 1.01. The zero-order valence-electron chi connectivity index (χ0n) is 14.1. The van der Waals surface area contributed by atoms with Gasteiger partial charge >= 0.3 is 0 Å². The molecule has 0 fully saturated rings. The SMILES string of the molecule is CC(CNC(=O)c1cccc([N+](=O)[O-])c1)N1CCc2ccccc2C1. The van der Waals surface area contributed by atoms with Crippen LogP contribution in [-0.2, 0) is 13.0 Å². The summed E-state index contributed by atoms with van der Waals surface area (Å²) in [6.45, 7) is 4.43. The molecule has 0 bridgehead atoms. The zero-order chi connectivity index (χ0) is 17.8. The van der Waals surface area contributed by atoms with E-state index in [4.69, 9.17) is 0 Å². The van der Waals surface area contributed by atoms with Crippen molar-refractivity contribution in [2.45, 2.75) is 25.9 Å². The Kier molecular flexibility index (Phi) is 5.09. The third kappa shape index (κ3) is 4.03. The normalized spacial score (nSPS) is 15.2. The molecule has 1 aliphatic rings. The number of fused-ring (bicyclic) bond motifs is 1. The van der Waals surface area contributed by atoms with E-state index < -0.39 is 4.92 Å². The summed E-state index contributed by atoms with van der Waals surface area (Å²) in [5.74, 6) is -0.284. The molecule has 2 aromatic carbocycles. The first-order chi connectivity index (χ1) is 12.0. The van der Waals surface area contributed by atoms with E-state index in [2.05, 4.69) is 41.4 Å². The fourth-order valence-electron chi connectivity index (χ4n) is 3.13. The maximum atomic E-state index is 12.3. The van der Waals surface area contributed by atoms with E-state index in [1.165, 1.54) is 29.3 Å². The van der Waals surface area contributed by atoms with Crippen molar-refractivity contribution in [3.8, 4) is 0 Å². The predicted octanol–water partition coefficient (Wildman–Crippen LogP) is 2.77. The van der Waals surface area contributed by atoms with Gasteiger partial charge in [0.2, 0.25) is 0 Å². The van der Waals surface area contributed by atoms with Gasteiger partial charge in [-0.15, -0.1) is 0 Å². The summed E-state index contributed by atoms with van der Waals surface area (Å²) in [5, 5.41) is 13.7. The first-order valence-electron chi connectivity index (χ1n) is 8.38. The maximum absolute atomic E-state index is 12.3. The lowest BCUT2D eigenvalue weighted by Crippen LogP contribution is -2.44. The number of non-ortho nitro benzene ring substituents is 1. The van der Waals surface area contributed by atoms with Crippen LogP contribution in [-0.4, -0.2) is 34.9 Å². The second-order valence-electron chi connectivity index (χ2n) is 6.36. The Morgan fingerprint density at radius 3 is 2.76 bits per heavy atom. The summed E-state index contributed by atoms with van der Waals surface area (Å²) in [6, 6.07) is 14.4. The molecule has 2 aromatic rings. The molecule has 0 radical (unpaired) electrons. The van der Waals surface area contributed by atoms with Gasteiger partial charge in [-0.1, -0.05) is 30.3 Å². The van der Waals surface area contributed by atoms with Crippen LogP contribution in [0.25, 0.3) is 0 Å². The highest BCUT2D eigenvalue weighted by atomic mass is 16.6. The van der Waals surface area contributed by atoms with Crippen molar-refractivity contribution < 1.29 is 9.72 Å². The Morgan fingerprint density at radius 2 is 2.00 bits per heavy atom. The average Bonchev–Trinajstić information content (AvgIpc) is 2.65. The second kappa shape index (κ2) is 7.44. The summed E-state index contributed by atoms with van der Waals surface area (Å²) < 4.78 is 0. The highest BCUT2D eigenvalue weighted by Gasteiger charge is 2.21. The van der Waals surface area contributed by atoms with Gasteiger partial charge in [-0.05, 0) is 30.5 Å². The lowest BCUT2D eigenvalue weighted by molar-refractivity contribution is -0.384. The minimum atomic E-state index is -0.495. The van der Waals surface area contributed by atoms with E-state index in [1.807, 2.05) is 0 Å². The highest BCUT2D eigenvalue weighted by Crippen LogP contribution is 2.20. The molecule has 6 nitrogen and oxygen atoms in total. The van der Waals surface area contributed by atoms with Crippen LogP contribution >= 0.6 is 0 Å². The number of carbonyl (C=O) groups excluding carboxylic acids is 1. The van der Waals surface area contributed by atoms with E-state index in [-0.39, 0.29) is 17.6 Å². The standard InChI is InChI=1S/C19H21N3O3/c1-14(21-10-9-15-5-2-3-6-17(15)13-21)12-20-19(23)16-7-4-8-18(11-16)22(24)25/h2-8,11,14H,9-10,12-13H2,1H3,(H,20,23). The highest BCUT2D eigenvalue weighted by molar-refractivity contribution is 5.94. The number of nitro benzene ring substituents is 1. The fourth-order valence-corrected chi connectivity index (χ4v) is 3.13. The molecule has 0 spiro atoms. The number of nitro groups is 1. The molecule has 130 valence electrons. The summed E-state index contributed by atoms with van der Waals surface area (Å²) in [4.78, 5) is 24.9. The summed E-state index contributed by atoms with van der Waals surface area (Å²) in [5.41, 5.74) is 2.97. The third-order valence-corrected chi connectivity index (χ3v) is 4.66. The average molecular weight is 339 g/mol. The van der Waals surface area contributed by atoms with E-state index in [9.17, 15) is 14.9 Å². The van der Waals surface area contributed by atoms with Crippen LogP contribution in [0, 0.1) is 10.1 Å². The van der Waals surface area contributed by atoms with Crippen molar-refractivity contribution in [2.75, 3.05) is 13.1 Å². The molecule has 0 saturated carbocycles. The second-order valence-corrected chi connectivity index (χ2v) is 6.36. The molecule has 0 aromatic heterocycles. The Labute approximate surface area is 146 Å². The van der Waals surface area contributed by atoms with Gasteiger partial charge in [0.1, 0.15) is 0 Å². The van der Waals surface area contributed by atoms with Crippen molar-refractivity contribution in [1.82, 2.24) is 10.2 Å². The molecule has 1 N–H and O–H groups in total. The lowest BCUT2D eigenvalue weighted by Gasteiger charge is -2.33. The molecular formula is C19H21N3O3. The molecule has 3 rings (SSSR count). The molecule has 1 unspecified atom stereocenters. The number of hydrogen-bond donors (Lipinski definition) is 1. The molecule has 6 heteroatoms. The topological polar surface area (TPSA) is 75.5 Å². The molecule has 1 atom stereocenters. The van der Waals surface area contributed by atoms with E-state index in [0.717, 1.165) is 19.5 Å². The quantitative estimate of drug-likeness (QED) is 0.671. The number of amides is 1. The lowest BCUT2D eigenvalue weighted by atomic mass is 9.99. The summed E-state index contributed by atoms with van der Waals surface area (Å²) in [7, 11) is 0. The molecule has 1 heterocycles. The number of nitrogens with one attached hydrogen (secondary N) is 1. The molecular weight excluding hydrogens is 318 g/mol. The molecule has 1 aliphatic heterocycles. The Hall–Kier alpha value is -2.73. The molecule has 0 saturated heterocycles. The smallest absolute Gasteiger partial charge is 0.270 e. The van der Waals surface area contributed by atoms with Crippen LogP contribution in [0.3, 0.4) is 0 Å². The predicted molar refractivity (Wildman–Crippen MR) is 95.4 cm³/mol. The van der Waals surface area contributed by atoms with Crippen LogP contribution in [0.4, 0.5) is 5.69 Å².